The molecule has 86 valence electrons. The Hall–Kier alpha value is -1.46. The normalized spacial score (nSPS) is 24.3. The Balaban J connectivity index is 1.98. The highest BCUT2D eigenvalue weighted by Crippen LogP contribution is 2.16. The van der Waals surface area contributed by atoms with Gasteiger partial charge in [-0.1, -0.05) is 0 Å². The fourth-order valence-corrected chi connectivity index (χ4v) is 1.77. The lowest BCUT2D eigenvalue weighted by Gasteiger charge is -2.16. The van der Waals surface area contributed by atoms with Crippen LogP contribution < -0.4 is 10.6 Å². The Morgan fingerprint density at radius 2 is 2.19 bits per heavy atom. The molecule has 1 aromatic rings. The standard InChI is InChI=1S/C11H15N3O2/c1-12-10-7-16-6-9(10)11(15)14-8-2-4-13-5-3-8/h2-5,9-10,12H,6-7H2,1H3,(H,13,14,15). The SMILES string of the molecule is CNC1COCC1C(=O)Nc1ccncc1. The second-order valence-electron chi connectivity index (χ2n) is 3.76. The zero-order chi connectivity index (χ0) is 11.4. The summed E-state index contributed by atoms with van der Waals surface area (Å²) >= 11 is 0. The van der Waals surface area contributed by atoms with E-state index in [9.17, 15) is 4.79 Å². The molecule has 2 rings (SSSR count). The first kappa shape index (κ1) is 11.0. The molecule has 2 atom stereocenters. The molecule has 16 heavy (non-hydrogen) atoms. The van der Waals surface area contributed by atoms with Gasteiger partial charge in [-0.15, -0.1) is 0 Å². The maximum Gasteiger partial charge on any atom is 0.231 e. The van der Waals surface area contributed by atoms with Gasteiger partial charge in [0.1, 0.15) is 0 Å². The molecule has 0 aromatic carbocycles. The lowest BCUT2D eigenvalue weighted by Crippen LogP contribution is -2.39. The van der Waals surface area contributed by atoms with Gasteiger partial charge >= 0.3 is 0 Å². The van der Waals surface area contributed by atoms with Crippen molar-refractivity contribution in [3.63, 3.8) is 0 Å². The molecule has 0 radical (unpaired) electrons. The van der Waals surface area contributed by atoms with E-state index < -0.39 is 0 Å². The topological polar surface area (TPSA) is 63.2 Å². The zero-order valence-electron chi connectivity index (χ0n) is 9.14. The van der Waals surface area contributed by atoms with Crippen LogP contribution in [0, 0.1) is 5.92 Å². The number of anilines is 1. The summed E-state index contributed by atoms with van der Waals surface area (Å²) in [5.74, 6) is -0.138. The van der Waals surface area contributed by atoms with Crippen molar-refractivity contribution >= 4 is 11.6 Å². The van der Waals surface area contributed by atoms with Crippen LogP contribution in [0.1, 0.15) is 0 Å². The molecular formula is C11H15N3O2. The van der Waals surface area contributed by atoms with Crippen molar-refractivity contribution in [2.45, 2.75) is 6.04 Å². The second kappa shape index (κ2) is 5.05. The van der Waals surface area contributed by atoms with E-state index in [1.807, 2.05) is 7.05 Å². The average Bonchev–Trinajstić information content (AvgIpc) is 2.78. The van der Waals surface area contributed by atoms with Crippen LogP contribution in [0.3, 0.4) is 0 Å². The van der Waals surface area contributed by atoms with Gasteiger partial charge in [-0.25, -0.2) is 0 Å². The van der Waals surface area contributed by atoms with Crippen molar-refractivity contribution < 1.29 is 9.53 Å². The molecule has 0 aliphatic carbocycles. The highest BCUT2D eigenvalue weighted by atomic mass is 16.5. The third-order valence-electron chi connectivity index (χ3n) is 2.74. The highest BCUT2D eigenvalue weighted by Gasteiger charge is 2.32. The van der Waals surface area contributed by atoms with Crippen molar-refractivity contribution in [3.05, 3.63) is 24.5 Å². The summed E-state index contributed by atoms with van der Waals surface area (Å²) in [4.78, 5) is 15.8. The summed E-state index contributed by atoms with van der Waals surface area (Å²) in [6, 6.07) is 3.63. The van der Waals surface area contributed by atoms with E-state index in [0.717, 1.165) is 5.69 Å². The monoisotopic (exact) mass is 221 g/mol. The Kier molecular flexibility index (Phi) is 3.48. The lowest BCUT2D eigenvalue weighted by molar-refractivity contribution is -0.120. The van der Waals surface area contributed by atoms with Crippen LogP contribution >= 0.6 is 0 Å². The Morgan fingerprint density at radius 1 is 1.44 bits per heavy atom. The average molecular weight is 221 g/mol. The molecular weight excluding hydrogens is 206 g/mol. The molecule has 2 unspecified atom stereocenters. The van der Waals surface area contributed by atoms with Gasteiger partial charge in [-0.3, -0.25) is 9.78 Å². The molecule has 1 aromatic heterocycles. The van der Waals surface area contributed by atoms with Gasteiger partial charge in [0.25, 0.3) is 0 Å². The molecule has 0 bridgehead atoms. The number of carbonyl (C=O) groups is 1. The summed E-state index contributed by atoms with van der Waals surface area (Å²) in [7, 11) is 1.84. The van der Waals surface area contributed by atoms with Crippen LogP contribution in [0.5, 0.6) is 0 Å². The Labute approximate surface area is 94.2 Å². The van der Waals surface area contributed by atoms with Crippen molar-refractivity contribution in [2.75, 3.05) is 25.6 Å². The number of ether oxygens (including phenoxy) is 1. The summed E-state index contributed by atoms with van der Waals surface area (Å²) in [5, 5.41) is 5.93. The van der Waals surface area contributed by atoms with Crippen LogP contribution in [-0.2, 0) is 9.53 Å². The van der Waals surface area contributed by atoms with E-state index in [4.69, 9.17) is 4.74 Å². The summed E-state index contributed by atoms with van der Waals surface area (Å²) in [6.07, 6.45) is 3.30. The van der Waals surface area contributed by atoms with Crippen LogP contribution in [0.15, 0.2) is 24.5 Å². The largest absolute Gasteiger partial charge is 0.379 e. The van der Waals surface area contributed by atoms with Gasteiger partial charge in [0.15, 0.2) is 0 Å². The van der Waals surface area contributed by atoms with E-state index in [1.54, 1.807) is 24.5 Å². The fraction of sp³-hybridized carbons (Fsp3) is 0.455. The molecule has 1 aliphatic heterocycles. The maximum absolute atomic E-state index is 11.9. The first-order chi connectivity index (χ1) is 7.81. The minimum Gasteiger partial charge on any atom is -0.379 e. The minimum absolute atomic E-state index is 0.0111. The number of hydrogen-bond donors (Lipinski definition) is 2. The number of rotatable bonds is 3. The van der Waals surface area contributed by atoms with Gasteiger partial charge in [0.2, 0.25) is 5.91 Å². The number of amides is 1. The van der Waals surface area contributed by atoms with Gasteiger partial charge in [0.05, 0.1) is 19.1 Å². The number of nitrogens with zero attached hydrogens (tertiary/aromatic N) is 1. The zero-order valence-corrected chi connectivity index (χ0v) is 9.14. The molecule has 0 spiro atoms. The number of likely N-dealkylation sites (N-methyl/N-ethyl adjacent to an activating group) is 1. The minimum atomic E-state index is -0.127. The predicted molar refractivity (Wildman–Crippen MR) is 60.0 cm³/mol. The molecule has 1 aliphatic rings. The number of aromatic nitrogens is 1. The van der Waals surface area contributed by atoms with Crippen LogP contribution in [0.2, 0.25) is 0 Å². The third kappa shape index (κ3) is 2.37. The second-order valence-corrected chi connectivity index (χ2v) is 3.76. The highest BCUT2D eigenvalue weighted by molar-refractivity contribution is 5.93. The van der Waals surface area contributed by atoms with Crippen molar-refractivity contribution in [1.82, 2.24) is 10.3 Å². The number of pyridine rings is 1. The quantitative estimate of drug-likeness (QED) is 0.768. The smallest absolute Gasteiger partial charge is 0.231 e. The van der Waals surface area contributed by atoms with Crippen molar-refractivity contribution in [3.8, 4) is 0 Å². The van der Waals surface area contributed by atoms with Gasteiger partial charge < -0.3 is 15.4 Å². The predicted octanol–water partition coefficient (Wildman–Crippen LogP) is 0.254. The Morgan fingerprint density at radius 3 is 2.88 bits per heavy atom. The molecule has 2 N–H and O–H groups in total. The molecule has 5 nitrogen and oxygen atoms in total. The van der Waals surface area contributed by atoms with Gasteiger partial charge in [-0.05, 0) is 19.2 Å². The molecule has 1 saturated heterocycles. The van der Waals surface area contributed by atoms with Crippen molar-refractivity contribution in [2.24, 2.45) is 5.92 Å². The molecule has 5 heteroatoms. The summed E-state index contributed by atoms with van der Waals surface area (Å²) < 4.78 is 5.28. The molecule has 1 fully saturated rings. The molecule has 1 amide bonds. The summed E-state index contributed by atoms with van der Waals surface area (Å²) in [5.41, 5.74) is 0.766. The van der Waals surface area contributed by atoms with Gasteiger partial charge in [-0.2, -0.15) is 0 Å². The number of carbonyl (C=O) groups excluding carboxylic acids is 1. The van der Waals surface area contributed by atoms with Gasteiger partial charge in [0, 0.05) is 24.1 Å². The number of hydrogen-bond acceptors (Lipinski definition) is 4. The first-order valence-corrected chi connectivity index (χ1v) is 5.27. The maximum atomic E-state index is 11.9. The van der Waals surface area contributed by atoms with Crippen LogP contribution in [-0.4, -0.2) is 37.2 Å². The van der Waals surface area contributed by atoms with Crippen LogP contribution in [0.25, 0.3) is 0 Å². The first-order valence-electron chi connectivity index (χ1n) is 5.27. The third-order valence-corrected chi connectivity index (χ3v) is 2.74. The molecule has 0 saturated carbocycles. The Bertz CT molecular complexity index is 356. The number of nitrogens with one attached hydrogen (secondary N) is 2. The van der Waals surface area contributed by atoms with E-state index in [2.05, 4.69) is 15.6 Å². The summed E-state index contributed by atoms with van der Waals surface area (Å²) in [6.45, 7) is 1.06. The fourth-order valence-electron chi connectivity index (χ4n) is 1.77. The van der Waals surface area contributed by atoms with E-state index in [0.29, 0.717) is 13.2 Å². The van der Waals surface area contributed by atoms with Crippen LogP contribution in [0.4, 0.5) is 5.69 Å². The van der Waals surface area contributed by atoms with Crippen molar-refractivity contribution in [1.29, 1.82) is 0 Å². The van der Waals surface area contributed by atoms with E-state index in [-0.39, 0.29) is 17.9 Å². The van der Waals surface area contributed by atoms with E-state index in [1.165, 1.54) is 0 Å². The van der Waals surface area contributed by atoms with E-state index >= 15 is 0 Å². The lowest BCUT2D eigenvalue weighted by atomic mass is 10.0. The molecule has 2 heterocycles.